The molecule has 0 heterocycles. The van der Waals surface area contributed by atoms with Gasteiger partial charge in [0.1, 0.15) is 6.10 Å². The fraction of sp³-hybridized carbons (Fsp3) is 0.909. The van der Waals surface area contributed by atoms with E-state index in [1.54, 1.807) is 6.92 Å². The molecule has 4 atom stereocenters. The lowest BCUT2D eigenvalue weighted by molar-refractivity contribution is -0.190. The zero-order chi connectivity index (χ0) is 15.1. The summed E-state index contributed by atoms with van der Waals surface area (Å²) < 4.78 is 9.65. The number of aliphatic carboxylic acids is 1. The van der Waals surface area contributed by atoms with Gasteiger partial charge in [-0.1, -0.05) is 6.92 Å². The van der Waals surface area contributed by atoms with E-state index in [4.69, 9.17) is 24.8 Å². The molecule has 0 aromatic carbocycles. The summed E-state index contributed by atoms with van der Waals surface area (Å²) in [4.78, 5) is 11.1. The zero-order valence-electron chi connectivity index (χ0n) is 11.0. The molecule has 0 aliphatic rings. The first-order chi connectivity index (χ1) is 8.82. The van der Waals surface area contributed by atoms with Crippen LogP contribution in [0.5, 0.6) is 0 Å². The zero-order valence-corrected chi connectivity index (χ0v) is 11.0. The Labute approximate surface area is 111 Å². The van der Waals surface area contributed by atoms with Crippen molar-refractivity contribution in [3.63, 3.8) is 0 Å². The molecule has 4 unspecified atom stereocenters. The van der Waals surface area contributed by atoms with Gasteiger partial charge >= 0.3 is 5.97 Å². The SMILES string of the molecule is CCC(CC(O)COC(O)C(O)CO)(OC)C(=O)O. The van der Waals surface area contributed by atoms with E-state index in [0.29, 0.717) is 0 Å². The van der Waals surface area contributed by atoms with Gasteiger partial charge in [-0.05, 0) is 6.42 Å². The summed E-state index contributed by atoms with van der Waals surface area (Å²) in [6.07, 6.45) is -4.40. The van der Waals surface area contributed by atoms with Gasteiger partial charge in [0.2, 0.25) is 0 Å². The minimum absolute atomic E-state index is 0.151. The largest absolute Gasteiger partial charge is 0.479 e. The Hall–Kier alpha value is -0.770. The van der Waals surface area contributed by atoms with Crippen molar-refractivity contribution in [3.05, 3.63) is 0 Å². The minimum Gasteiger partial charge on any atom is -0.479 e. The maximum atomic E-state index is 11.1. The highest BCUT2D eigenvalue weighted by molar-refractivity contribution is 5.77. The Kier molecular flexibility index (Phi) is 8.07. The van der Waals surface area contributed by atoms with Crippen molar-refractivity contribution in [2.75, 3.05) is 20.3 Å². The fourth-order valence-electron chi connectivity index (χ4n) is 1.55. The second-order valence-corrected chi connectivity index (χ2v) is 4.19. The van der Waals surface area contributed by atoms with Gasteiger partial charge in [-0.3, -0.25) is 0 Å². The lowest BCUT2D eigenvalue weighted by Gasteiger charge is -2.29. The molecule has 0 aliphatic carbocycles. The Morgan fingerprint density at radius 3 is 2.26 bits per heavy atom. The average molecular weight is 282 g/mol. The highest BCUT2D eigenvalue weighted by Crippen LogP contribution is 2.22. The normalized spacial score (nSPS) is 19.5. The Bertz CT molecular complexity index is 265. The molecule has 0 amide bonds. The number of rotatable bonds is 10. The maximum Gasteiger partial charge on any atom is 0.336 e. The lowest BCUT2D eigenvalue weighted by Crippen LogP contribution is -2.44. The van der Waals surface area contributed by atoms with E-state index >= 15 is 0 Å². The first-order valence-corrected chi connectivity index (χ1v) is 5.88. The highest BCUT2D eigenvalue weighted by Gasteiger charge is 2.39. The van der Waals surface area contributed by atoms with E-state index in [0.717, 1.165) is 0 Å². The molecule has 0 saturated heterocycles. The van der Waals surface area contributed by atoms with E-state index in [1.165, 1.54) is 7.11 Å². The monoisotopic (exact) mass is 282 g/mol. The number of carboxylic acid groups (broad SMARTS) is 1. The second kappa shape index (κ2) is 8.41. The number of carbonyl (C=O) groups is 1. The van der Waals surface area contributed by atoms with Crippen LogP contribution >= 0.6 is 0 Å². The number of carboxylic acids is 1. The lowest BCUT2D eigenvalue weighted by atomic mass is 9.93. The van der Waals surface area contributed by atoms with Crippen molar-refractivity contribution in [1.29, 1.82) is 0 Å². The predicted octanol–water partition coefficient (Wildman–Crippen LogP) is -1.69. The van der Waals surface area contributed by atoms with Crippen LogP contribution in [0.3, 0.4) is 0 Å². The van der Waals surface area contributed by atoms with Crippen LogP contribution < -0.4 is 0 Å². The van der Waals surface area contributed by atoms with Crippen molar-refractivity contribution in [3.8, 4) is 0 Å². The van der Waals surface area contributed by atoms with Gasteiger partial charge in [-0.15, -0.1) is 0 Å². The van der Waals surface area contributed by atoms with Gasteiger partial charge in [0.15, 0.2) is 11.9 Å². The summed E-state index contributed by atoms with van der Waals surface area (Å²) >= 11 is 0. The van der Waals surface area contributed by atoms with E-state index in [2.05, 4.69) is 0 Å². The first-order valence-electron chi connectivity index (χ1n) is 5.88. The summed E-state index contributed by atoms with van der Waals surface area (Å²) in [6, 6.07) is 0. The average Bonchev–Trinajstić information content (AvgIpc) is 2.40. The van der Waals surface area contributed by atoms with E-state index < -0.39 is 43.3 Å². The molecule has 0 aromatic heterocycles. The predicted molar refractivity (Wildman–Crippen MR) is 63.3 cm³/mol. The van der Waals surface area contributed by atoms with Crippen LogP contribution in [0.2, 0.25) is 0 Å². The topological polar surface area (TPSA) is 137 Å². The molecule has 8 nitrogen and oxygen atoms in total. The molecule has 0 radical (unpaired) electrons. The van der Waals surface area contributed by atoms with E-state index in [9.17, 15) is 15.0 Å². The molecule has 19 heavy (non-hydrogen) atoms. The highest BCUT2D eigenvalue weighted by atomic mass is 16.6. The molecule has 0 rings (SSSR count). The standard InChI is InChI=1S/C11H22O8/c1-3-11(18-2,10(16)17)4-7(13)6-19-9(15)8(14)5-12/h7-9,12-15H,3-6H2,1-2H3,(H,16,17). The van der Waals surface area contributed by atoms with Crippen molar-refractivity contribution in [2.24, 2.45) is 0 Å². The molecular formula is C11H22O8. The second-order valence-electron chi connectivity index (χ2n) is 4.19. The molecule has 0 aromatic rings. The molecule has 0 saturated carbocycles. The third kappa shape index (κ3) is 5.39. The van der Waals surface area contributed by atoms with Gasteiger partial charge in [0.05, 0.1) is 19.3 Å². The number of aliphatic hydroxyl groups excluding tert-OH is 4. The van der Waals surface area contributed by atoms with Crippen LogP contribution in [0.15, 0.2) is 0 Å². The minimum atomic E-state index is -1.65. The molecule has 0 fully saturated rings. The summed E-state index contributed by atoms with van der Waals surface area (Å²) in [5, 5.41) is 45.5. The van der Waals surface area contributed by atoms with Crippen LogP contribution in [0.4, 0.5) is 0 Å². The fourth-order valence-corrected chi connectivity index (χ4v) is 1.55. The van der Waals surface area contributed by atoms with Crippen LogP contribution in [0.25, 0.3) is 0 Å². The van der Waals surface area contributed by atoms with Crippen LogP contribution in [-0.4, -0.2) is 75.9 Å². The van der Waals surface area contributed by atoms with Crippen LogP contribution in [0, 0.1) is 0 Å². The van der Waals surface area contributed by atoms with E-state index in [-0.39, 0.29) is 12.8 Å². The molecule has 0 bridgehead atoms. The van der Waals surface area contributed by atoms with Crippen molar-refractivity contribution >= 4 is 5.97 Å². The third-order valence-electron chi connectivity index (χ3n) is 2.89. The van der Waals surface area contributed by atoms with Crippen molar-refractivity contribution < 1.29 is 39.8 Å². The molecular weight excluding hydrogens is 260 g/mol. The van der Waals surface area contributed by atoms with Gasteiger partial charge in [-0.25, -0.2) is 4.79 Å². The van der Waals surface area contributed by atoms with Gasteiger partial charge < -0.3 is 35.0 Å². The molecule has 0 spiro atoms. The number of methoxy groups -OCH3 is 1. The van der Waals surface area contributed by atoms with Gasteiger partial charge in [0, 0.05) is 13.5 Å². The molecule has 0 aliphatic heterocycles. The molecule has 5 N–H and O–H groups in total. The number of hydrogen-bond donors (Lipinski definition) is 5. The number of aliphatic hydroxyl groups is 4. The first kappa shape index (κ1) is 18.2. The van der Waals surface area contributed by atoms with Crippen LogP contribution in [-0.2, 0) is 14.3 Å². The third-order valence-corrected chi connectivity index (χ3v) is 2.89. The summed E-state index contributed by atoms with van der Waals surface area (Å²) in [5.74, 6) is -1.20. The van der Waals surface area contributed by atoms with Gasteiger partial charge in [-0.2, -0.15) is 0 Å². The Morgan fingerprint density at radius 2 is 1.89 bits per heavy atom. The van der Waals surface area contributed by atoms with E-state index in [1.807, 2.05) is 0 Å². The quantitative estimate of drug-likeness (QED) is 0.299. The Morgan fingerprint density at radius 1 is 1.32 bits per heavy atom. The summed E-state index contributed by atoms with van der Waals surface area (Å²) in [6.45, 7) is 0.523. The number of hydrogen-bond acceptors (Lipinski definition) is 7. The van der Waals surface area contributed by atoms with Crippen molar-refractivity contribution in [2.45, 2.75) is 43.9 Å². The summed E-state index contributed by atoms with van der Waals surface area (Å²) in [7, 11) is 1.23. The van der Waals surface area contributed by atoms with Gasteiger partial charge in [0.25, 0.3) is 0 Å². The molecule has 114 valence electrons. The van der Waals surface area contributed by atoms with Crippen molar-refractivity contribution in [1.82, 2.24) is 0 Å². The summed E-state index contributed by atoms with van der Waals surface area (Å²) in [5.41, 5.74) is -1.52. The number of ether oxygens (including phenoxy) is 2. The Balaban J connectivity index is 4.36. The molecule has 8 heteroatoms. The maximum absolute atomic E-state index is 11.1. The van der Waals surface area contributed by atoms with Crippen LogP contribution in [0.1, 0.15) is 19.8 Å². The smallest absolute Gasteiger partial charge is 0.336 e.